The second kappa shape index (κ2) is 6.67. The molecule has 2 N–H and O–H groups in total. The molecule has 3 rings (SSSR count). The van der Waals surface area contributed by atoms with Gasteiger partial charge in [0.25, 0.3) is 5.91 Å². The summed E-state index contributed by atoms with van der Waals surface area (Å²) in [5.74, 6) is -1.44. The number of nitrogens with one attached hydrogen (secondary N) is 1. The molecule has 0 aliphatic carbocycles. The minimum atomic E-state index is -1.03. The Bertz CT molecular complexity index is 909. The second-order valence-corrected chi connectivity index (χ2v) is 5.57. The van der Waals surface area contributed by atoms with E-state index in [1.165, 1.54) is 6.33 Å². The molecule has 8 heteroatoms. The zero-order chi connectivity index (χ0) is 17.1. The number of halogens is 1. The van der Waals surface area contributed by atoms with Crippen LogP contribution in [0.15, 0.2) is 48.9 Å². The van der Waals surface area contributed by atoms with Crippen LogP contribution in [0.2, 0.25) is 5.02 Å². The average Bonchev–Trinajstić information content (AvgIpc) is 3.01. The van der Waals surface area contributed by atoms with Crippen molar-refractivity contribution < 1.29 is 14.7 Å². The fraction of sp³-hybridized carbons (Fsp3) is 0.125. The lowest BCUT2D eigenvalue weighted by Crippen LogP contribution is -2.30. The summed E-state index contributed by atoms with van der Waals surface area (Å²) in [6, 6.07) is 9.35. The van der Waals surface area contributed by atoms with E-state index < -0.39 is 17.9 Å². The number of carbonyl (C=O) groups excluding carboxylic acids is 1. The van der Waals surface area contributed by atoms with Crippen LogP contribution in [0.4, 0.5) is 0 Å². The Kier molecular flexibility index (Phi) is 4.43. The summed E-state index contributed by atoms with van der Waals surface area (Å²) < 4.78 is 1.61. The van der Waals surface area contributed by atoms with Crippen LogP contribution < -0.4 is 5.32 Å². The minimum Gasteiger partial charge on any atom is -0.481 e. The lowest BCUT2D eigenvalue weighted by molar-refractivity contribution is -0.137. The number of pyridine rings is 1. The molecular formula is C16H13ClN4O3. The van der Waals surface area contributed by atoms with Gasteiger partial charge >= 0.3 is 5.97 Å². The lowest BCUT2D eigenvalue weighted by Gasteiger charge is -2.18. The van der Waals surface area contributed by atoms with E-state index in [2.05, 4.69) is 15.5 Å². The Morgan fingerprint density at radius 1 is 1.25 bits per heavy atom. The number of amides is 1. The van der Waals surface area contributed by atoms with E-state index >= 15 is 0 Å². The average molecular weight is 345 g/mol. The van der Waals surface area contributed by atoms with Crippen molar-refractivity contribution in [2.75, 3.05) is 0 Å². The van der Waals surface area contributed by atoms with Gasteiger partial charge in [0.05, 0.1) is 18.0 Å². The van der Waals surface area contributed by atoms with Gasteiger partial charge in [0.1, 0.15) is 6.33 Å². The minimum absolute atomic E-state index is 0.273. The van der Waals surface area contributed by atoms with Gasteiger partial charge in [-0.15, -0.1) is 10.2 Å². The third kappa shape index (κ3) is 3.36. The van der Waals surface area contributed by atoms with Crippen molar-refractivity contribution in [1.29, 1.82) is 0 Å². The topological polar surface area (TPSA) is 96.6 Å². The monoisotopic (exact) mass is 344 g/mol. The number of hydrogen-bond acceptors (Lipinski definition) is 4. The van der Waals surface area contributed by atoms with Crippen LogP contribution in [-0.2, 0) is 4.79 Å². The van der Waals surface area contributed by atoms with E-state index in [1.807, 2.05) is 0 Å². The molecule has 0 aliphatic heterocycles. The van der Waals surface area contributed by atoms with Crippen molar-refractivity contribution >= 4 is 29.1 Å². The maximum Gasteiger partial charge on any atom is 0.305 e. The number of carboxylic acids is 1. The third-order valence-electron chi connectivity index (χ3n) is 3.52. The Morgan fingerprint density at radius 3 is 2.79 bits per heavy atom. The molecule has 1 aromatic carbocycles. The zero-order valence-corrected chi connectivity index (χ0v) is 13.1. The van der Waals surface area contributed by atoms with Crippen LogP contribution >= 0.6 is 11.6 Å². The molecule has 0 unspecified atom stereocenters. The summed E-state index contributed by atoms with van der Waals surface area (Å²) in [6.07, 6.45) is 2.79. The standard InChI is InChI=1S/C16H13ClN4O3/c17-12-4-2-1-3-11(12)13(7-15(22)23)19-16(24)10-5-6-14-20-18-9-21(14)8-10/h1-6,8-9,13H,7H2,(H,19,24)(H,22,23)/t13-/m0/s1. The van der Waals surface area contributed by atoms with E-state index in [0.717, 1.165) is 0 Å². The molecule has 1 atom stereocenters. The Morgan fingerprint density at radius 2 is 2.04 bits per heavy atom. The summed E-state index contributed by atoms with van der Waals surface area (Å²) in [4.78, 5) is 23.6. The molecule has 2 aromatic heterocycles. The van der Waals surface area contributed by atoms with Gasteiger partial charge in [-0.25, -0.2) is 0 Å². The molecule has 3 aromatic rings. The fourth-order valence-corrected chi connectivity index (χ4v) is 2.64. The van der Waals surface area contributed by atoms with Gasteiger partial charge in [-0.3, -0.25) is 14.0 Å². The second-order valence-electron chi connectivity index (χ2n) is 5.16. The van der Waals surface area contributed by atoms with Crippen LogP contribution in [0.3, 0.4) is 0 Å². The Hall–Kier alpha value is -2.93. The highest BCUT2D eigenvalue weighted by Gasteiger charge is 2.21. The number of aliphatic carboxylic acids is 1. The lowest BCUT2D eigenvalue weighted by atomic mass is 10.0. The molecule has 0 aliphatic rings. The van der Waals surface area contributed by atoms with Crippen molar-refractivity contribution in [3.63, 3.8) is 0 Å². The first-order valence-corrected chi connectivity index (χ1v) is 7.49. The number of fused-ring (bicyclic) bond motifs is 1. The molecule has 0 saturated heterocycles. The molecule has 1 amide bonds. The van der Waals surface area contributed by atoms with Gasteiger partial charge in [0, 0.05) is 11.2 Å². The molecule has 0 bridgehead atoms. The molecule has 7 nitrogen and oxygen atoms in total. The van der Waals surface area contributed by atoms with Crippen molar-refractivity contribution in [3.05, 3.63) is 65.1 Å². The third-order valence-corrected chi connectivity index (χ3v) is 3.86. The number of aromatic nitrogens is 3. The molecule has 0 saturated carbocycles. The van der Waals surface area contributed by atoms with Gasteiger partial charge in [-0.05, 0) is 23.8 Å². The number of hydrogen-bond donors (Lipinski definition) is 2. The van der Waals surface area contributed by atoms with E-state index in [9.17, 15) is 9.59 Å². The highest BCUT2D eigenvalue weighted by Crippen LogP contribution is 2.25. The molecule has 24 heavy (non-hydrogen) atoms. The Balaban J connectivity index is 1.87. The summed E-state index contributed by atoms with van der Waals surface area (Å²) in [5.41, 5.74) is 1.53. The Labute approximate surface area is 141 Å². The van der Waals surface area contributed by atoms with Crippen molar-refractivity contribution in [3.8, 4) is 0 Å². The predicted octanol–water partition coefficient (Wildman–Crippen LogP) is 2.33. The van der Waals surface area contributed by atoms with E-state index in [-0.39, 0.29) is 6.42 Å². The van der Waals surface area contributed by atoms with E-state index in [1.54, 1.807) is 47.0 Å². The number of rotatable bonds is 5. The molecule has 2 heterocycles. The van der Waals surface area contributed by atoms with Gasteiger partial charge < -0.3 is 10.4 Å². The predicted molar refractivity (Wildman–Crippen MR) is 86.9 cm³/mol. The number of benzene rings is 1. The first-order valence-electron chi connectivity index (χ1n) is 7.11. The largest absolute Gasteiger partial charge is 0.481 e. The summed E-state index contributed by atoms with van der Waals surface area (Å²) in [6.45, 7) is 0. The van der Waals surface area contributed by atoms with Crippen LogP contribution in [0.25, 0.3) is 5.65 Å². The van der Waals surface area contributed by atoms with Gasteiger partial charge in [0.15, 0.2) is 5.65 Å². The van der Waals surface area contributed by atoms with Gasteiger partial charge in [0.2, 0.25) is 0 Å². The van der Waals surface area contributed by atoms with Crippen molar-refractivity contribution in [1.82, 2.24) is 19.9 Å². The van der Waals surface area contributed by atoms with Crippen LogP contribution in [-0.4, -0.2) is 31.6 Å². The first kappa shape index (κ1) is 15.9. The normalized spacial score (nSPS) is 12.0. The fourth-order valence-electron chi connectivity index (χ4n) is 2.37. The van der Waals surface area contributed by atoms with Crippen LogP contribution in [0.1, 0.15) is 28.4 Å². The number of carboxylic acid groups (broad SMARTS) is 1. The highest BCUT2D eigenvalue weighted by atomic mass is 35.5. The molecule has 122 valence electrons. The molecule has 0 spiro atoms. The molecular weight excluding hydrogens is 332 g/mol. The molecule has 0 fully saturated rings. The summed E-state index contributed by atoms with van der Waals surface area (Å²) >= 11 is 6.13. The highest BCUT2D eigenvalue weighted by molar-refractivity contribution is 6.31. The summed E-state index contributed by atoms with van der Waals surface area (Å²) in [5, 5.41) is 19.9. The zero-order valence-electron chi connectivity index (χ0n) is 12.4. The van der Waals surface area contributed by atoms with Crippen LogP contribution in [0, 0.1) is 0 Å². The van der Waals surface area contributed by atoms with E-state index in [0.29, 0.717) is 21.8 Å². The van der Waals surface area contributed by atoms with Gasteiger partial charge in [-0.2, -0.15) is 0 Å². The number of carbonyl (C=O) groups is 2. The maximum atomic E-state index is 12.5. The number of nitrogens with zero attached hydrogens (tertiary/aromatic N) is 3. The maximum absolute atomic E-state index is 12.5. The van der Waals surface area contributed by atoms with Gasteiger partial charge in [-0.1, -0.05) is 29.8 Å². The van der Waals surface area contributed by atoms with Crippen molar-refractivity contribution in [2.45, 2.75) is 12.5 Å². The van der Waals surface area contributed by atoms with Crippen LogP contribution in [0.5, 0.6) is 0 Å². The van der Waals surface area contributed by atoms with Crippen molar-refractivity contribution in [2.24, 2.45) is 0 Å². The first-order chi connectivity index (χ1) is 11.5. The smallest absolute Gasteiger partial charge is 0.305 e. The quantitative estimate of drug-likeness (QED) is 0.740. The van der Waals surface area contributed by atoms with E-state index in [4.69, 9.17) is 16.7 Å². The SMILES string of the molecule is O=C(O)C[C@H](NC(=O)c1ccc2nncn2c1)c1ccccc1Cl. The molecule has 0 radical (unpaired) electrons. The summed E-state index contributed by atoms with van der Waals surface area (Å²) in [7, 11) is 0.